The molecule has 2 amide bonds. The van der Waals surface area contributed by atoms with Gasteiger partial charge in [-0.25, -0.2) is 4.79 Å². The number of aliphatic carboxylic acids is 1. The molecule has 6 heteroatoms. The fourth-order valence-electron chi connectivity index (χ4n) is 1.86. The van der Waals surface area contributed by atoms with Gasteiger partial charge in [-0.3, -0.25) is 4.79 Å². The highest BCUT2D eigenvalue weighted by molar-refractivity contribution is 7.98. The zero-order chi connectivity index (χ0) is 16.6. The first-order valence-corrected chi connectivity index (χ1v) is 8.45. The van der Waals surface area contributed by atoms with Gasteiger partial charge in [-0.15, -0.1) is 0 Å². The molecule has 0 aliphatic heterocycles. The Bertz CT molecular complexity index is 501. The van der Waals surface area contributed by atoms with E-state index in [1.54, 1.807) is 13.8 Å². The Hall–Kier alpha value is -1.69. The second-order valence-electron chi connectivity index (χ2n) is 5.69. The molecule has 0 aliphatic carbocycles. The van der Waals surface area contributed by atoms with Gasteiger partial charge >= 0.3 is 12.0 Å². The van der Waals surface area contributed by atoms with E-state index in [0.29, 0.717) is 6.42 Å². The van der Waals surface area contributed by atoms with Gasteiger partial charge in [0.25, 0.3) is 0 Å². The zero-order valence-corrected chi connectivity index (χ0v) is 14.1. The predicted octanol–water partition coefficient (Wildman–Crippen LogP) is 3.70. The fraction of sp³-hybridized carbons (Fsp3) is 0.500. The summed E-state index contributed by atoms with van der Waals surface area (Å²) >= 11 is 1.85. The summed E-state index contributed by atoms with van der Waals surface area (Å²) in [7, 11) is 0. The molecule has 22 heavy (non-hydrogen) atoms. The highest BCUT2D eigenvalue weighted by Gasteiger charge is 2.21. The molecule has 0 fully saturated rings. The SMILES string of the molecule is CCSCc1ccc(NC(=O)NC(C)(C)CCC(=O)O)cc1. The Labute approximate surface area is 135 Å². The van der Waals surface area contributed by atoms with E-state index in [-0.39, 0.29) is 12.5 Å². The maximum Gasteiger partial charge on any atom is 0.319 e. The summed E-state index contributed by atoms with van der Waals surface area (Å²) < 4.78 is 0. The minimum absolute atomic E-state index is 0.0249. The molecule has 0 radical (unpaired) electrons. The molecule has 0 aliphatic rings. The lowest BCUT2D eigenvalue weighted by Crippen LogP contribution is -2.45. The molecule has 0 unspecified atom stereocenters. The molecule has 0 aromatic heterocycles. The minimum atomic E-state index is -0.865. The lowest BCUT2D eigenvalue weighted by molar-refractivity contribution is -0.137. The van der Waals surface area contributed by atoms with Crippen molar-refractivity contribution < 1.29 is 14.7 Å². The molecule has 0 heterocycles. The first kappa shape index (κ1) is 18.4. The Morgan fingerprint density at radius 2 is 1.86 bits per heavy atom. The van der Waals surface area contributed by atoms with E-state index < -0.39 is 11.5 Å². The van der Waals surface area contributed by atoms with Crippen molar-refractivity contribution in [2.24, 2.45) is 0 Å². The number of carbonyl (C=O) groups excluding carboxylic acids is 1. The Morgan fingerprint density at radius 3 is 2.41 bits per heavy atom. The molecule has 1 aromatic rings. The van der Waals surface area contributed by atoms with Gasteiger partial charge in [0.2, 0.25) is 0 Å². The summed E-state index contributed by atoms with van der Waals surface area (Å²) in [6.07, 6.45) is 0.403. The molecule has 0 saturated carbocycles. The van der Waals surface area contributed by atoms with Crippen molar-refractivity contribution in [3.05, 3.63) is 29.8 Å². The number of urea groups is 1. The molecule has 0 atom stereocenters. The molecule has 3 N–H and O–H groups in total. The van der Waals surface area contributed by atoms with Crippen LogP contribution in [0.5, 0.6) is 0 Å². The number of thioether (sulfide) groups is 1. The monoisotopic (exact) mass is 324 g/mol. The average molecular weight is 324 g/mol. The van der Waals surface area contributed by atoms with E-state index >= 15 is 0 Å². The van der Waals surface area contributed by atoms with Crippen molar-refractivity contribution in [2.75, 3.05) is 11.1 Å². The summed E-state index contributed by atoms with van der Waals surface area (Å²) in [6, 6.07) is 7.40. The van der Waals surface area contributed by atoms with Crippen LogP contribution in [0.15, 0.2) is 24.3 Å². The number of rotatable bonds is 8. The lowest BCUT2D eigenvalue weighted by Gasteiger charge is -2.25. The van der Waals surface area contributed by atoms with Gasteiger partial charge in [0.15, 0.2) is 0 Å². The zero-order valence-electron chi connectivity index (χ0n) is 13.3. The van der Waals surface area contributed by atoms with E-state index in [1.165, 1.54) is 5.56 Å². The second kappa shape index (κ2) is 8.68. The van der Waals surface area contributed by atoms with Gasteiger partial charge in [0.1, 0.15) is 0 Å². The van der Waals surface area contributed by atoms with Crippen LogP contribution in [0.2, 0.25) is 0 Å². The number of hydrogen-bond donors (Lipinski definition) is 3. The normalized spacial score (nSPS) is 11.0. The number of carboxylic acid groups (broad SMARTS) is 1. The van der Waals surface area contributed by atoms with Gasteiger partial charge in [-0.2, -0.15) is 11.8 Å². The molecule has 0 spiro atoms. The number of carboxylic acids is 1. The molecule has 0 bridgehead atoms. The van der Waals surface area contributed by atoms with Crippen molar-refractivity contribution >= 4 is 29.4 Å². The van der Waals surface area contributed by atoms with Gasteiger partial charge in [-0.1, -0.05) is 19.1 Å². The Kier molecular flexibility index (Phi) is 7.24. The minimum Gasteiger partial charge on any atom is -0.481 e. The smallest absolute Gasteiger partial charge is 0.319 e. The van der Waals surface area contributed by atoms with Crippen molar-refractivity contribution in [2.45, 2.75) is 44.9 Å². The highest BCUT2D eigenvalue weighted by atomic mass is 32.2. The quantitative estimate of drug-likeness (QED) is 0.681. The van der Waals surface area contributed by atoms with Crippen LogP contribution in [-0.4, -0.2) is 28.4 Å². The summed E-state index contributed by atoms with van der Waals surface area (Å²) in [5.74, 6) is 1.18. The standard InChI is InChI=1S/C16H24N2O3S/c1-4-22-11-12-5-7-13(8-6-12)17-15(21)18-16(2,3)10-9-14(19)20/h5-8H,4,9-11H2,1-3H3,(H,19,20)(H2,17,18,21). The molecular formula is C16H24N2O3S. The van der Waals surface area contributed by atoms with E-state index in [0.717, 1.165) is 17.2 Å². The number of benzene rings is 1. The van der Waals surface area contributed by atoms with Gasteiger partial charge in [0, 0.05) is 23.4 Å². The molecule has 1 aromatic carbocycles. The van der Waals surface area contributed by atoms with Crippen LogP contribution in [0.4, 0.5) is 10.5 Å². The Balaban J connectivity index is 2.48. The largest absolute Gasteiger partial charge is 0.481 e. The number of amides is 2. The highest BCUT2D eigenvalue weighted by Crippen LogP contribution is 2.16. The molecule has 1 rings (SSSR count). The number of carbonyl (C=O) groups is 2. The number of anilines is 1. The first-order chi connectivity index (χ1) is 10.3. The van der Waals surface area contributed by atoms with E-state index in [9.17, 15) is 9.59 Å². The van der Waals surface area contributed by atoms with Crippen LogP contribution in [0.25, 0.3) is 0 Å². The topological polar surface area (TPSA) is 78.4 Å². The van der Waals surface area contributed by atoms with Crippen LogP contribution < -0.4 is 10.6 Å². The molecular weight excluding hydrogens is 300 g/mol. The van der Waals surface area contributed by atoms with Gasteiger partial charge < -0.3 is 15.7 Å². The molecule has 0 saturated heterocycles. The summed E-state index contributed by atoms with van der Waals surface area (Å²) in [6.45, 7) is 5.73. The van der Waals surface area contributed by atoms with Crippen molar-refractivity contribution in [3.8, 4) is 0 Å². The summed E-state index contributed by atoms with van der Waals surface area (Å²) in [5.41, 5.74) is 1.37. The summed E-state index contributed by atoms with van der Waals surface area (Å²) in [4.78, 5) is 22.6. The second-order valence-corrected chi connectivity index (χ2v) is 6.97. The Morgan fingerprint density at radius 1 is 1.23 bits per heavy atom. The van der Waals surface area contributed by atoms with Crippen molar-refractivity contribution in [3.63, 3.8) is 0 Å². The van der Waals surface area contributed by atoms with Gasteiger partial charge in [0.05, 0.1) is 0 Å². The molecule has 5 nitrogen and oxygen atoms in total. The van der Waals surface area contributed by atoms with Gasteiger partial charge in [-0.05, 0) is 43.7 Å². The maximum atomic E-state index is 12.0. The maximum absolute atomic E-state index is 12.0. The third kappa shape index (κ3) is 7.36. The lowest BCUT2D eigenvalue weighted by atomic mass is 9.99. The van der Waals surface area contributed by atoms with Crippen LogP contribution in [0.3, 0.4) is 0 Å². The van der Waals surface area contributed by atoms with Crippen LogP contribution in [-0.2, 0) is 10.5 Å². The van der Waals surface area contributed by atoms with E-state index in [1.807, 2.05) is 36.0 Å². The van der Waals surface area contributed by atoms with Crippen molar-refractivity contribution in [1.29, 1.82) is 0 Å². The average Bonchev–Trinajstić information content (AvgIpc) is 2.44. The molecule has 122 valence electrons. The third-order valence-corrected chi connectivity index (χ3v) is 4.05. The number of hydrogen-bond acceptors (Lipinski definition) is 3. The van der Waals surface area contributed by atoms with Crippen LogP contribution in [0, 0.1) is 0 Å². The van der Waals surface area contributed by atoms with Crippen LogP contribution >= 0.6 is 11.8 Å². The summed E-state index contributed by atoms with van der Waals surface area (Å²) in [5, 5.41) is 14.3. The van der Waals surface area contributed by atoms with E-state index in [2.05, 4.69) is 17.6 Å². The third-order valence-electron chi connectivity index (χ3n) is 3.10. The number of nitrogens with one attached hydrogen (secondary N) is 2. The van der Waals surface area contributed by atoms with Crippen molar-refractivity contribution in [1.82, 2.24) is 5.32 Å². The fourth-order valence-corrected chi connectivity index (χ4v) is 2.49. The first-order valence-electron chi connectivity index (χ1n) is 7.30. The van der Waals surface area contributed by atoms with Crippen LogP contribution in [0.1, 0.15) is 39.2 Å². The predicted molar refractivity (Wildman–Crippen MR) is 91.4 cm³/mol. The van der Waals surface area contributed by atoms with E-state index in [4.69, 9.17) is 5.11 Å².